The molecule has 5 N–H and O–H groups in total. The van der Waals surface area contributed by atoms with E-state index in [9.17, 15) is 28.8 Å². The molecule has 6 aromatic rings. The molecule has 0 radical (unpaired) electrons. The van der Waals surface area contributed by atoms with E-state index in [1.165, 1.54) is 51.8 Å². The third-order valence-electron chi connectivity index (χ3n) is 16.1. The highest BCUT2D eigenvalue weighted by Crippen LogP contribution is 2.37. The Labute approximate surface area is 588 Å². The molecule has 506 valence electrons. The molecule has 21 heteroatoms. The van der Waals surface area contributed by atoms with E-state index in [0.717, 1.165) is 84.4 Å². The van der Waals surface area contributed by atoms with Crippen molar-refractivity contribution in [1.82, 2.24) is 25.2 Å². The van der Waals surface area contributed by atoms with E-state index in [2.05, 4.69) is 101 Å². The molecule has 0 bridgehead atoms. The fraction of sp³-hybridized carbons (Fsp3) is 0.289. The normalized spacial score (nSPS) is 16.6. The summed E-state index contributed by atoms with van der Waals surface area (Å²) in [6.07, 6.45) is 37.2. The first kappa shape index (κ1) is 77.1. The molecular weight excluding hydrogens is 1360 g/mol. The van der Waals surface area contributed by atoms with Gasteiger partial charge in [0.15, 0.2) is 42.1 Å². The quantitative estimate of drug-likeness (QED) is 0.0505. The molecule has 18 nitrogen and oxygen atoms in total. The zero-order valence-corrected chi connectivity index (χ0v) is 59.0. The fourth-order valence-corrected chi connectivity index (χ4v) is 10.6. The summed E-state index contributed by atoms with van der Waals surface area (Å²) >= 11 is 3.23. The number of nitrogens with zero attached hydrogens (tertiary/aromatic N) is 5. The number of esters is 2. The van der Waals surface area contributed by atoms with Crippen molar-refractivity contribution in [2.75, 3.05) is 50.9 Å². The van der Waals surface area contributed by atoms with Crippen LogP contribution in [-0.4, -0.2) is 113 Å². The number of aromatic nitrogens is 4. The van der Waals surface area contributed by atoms with Gasteiger partial charge >= 0.3 is 19.1 Å². The van der Waals surface area contributed by atoms with E-state index in [0.29, 0.717) is 50.3 Å². The van der Waals surface area contributed by atoms with Crippen molar-refractivity contribution in [3.8, 4) is 0 Å². The molecule has 1 fully saturated rings. The van der Waals surface area contributed by atoms with Crippen LogP contribution in [0.2, 0.25) is 0 Å². The second-order valence-corrected chi connectivity index (χ2v) is 24.8. The number of allylic oxidation sites excluding steroid dienone is 6. The summed E-state index contributed by atoms with van der Waals surface area (Å²) in [6, 6.07) is 28.4. The van der Waals surface area contributed by atoms with Gasteiger partial charge in [0.2, 0.25) is 0 Å². The predicted molar refractivity (Wildman–Crippen MR) is 380 cm³/mol. The minimum absolute atomic E-state index is 0. The molecule has 13 rings (SSSR count). The lowest BCUT2D eigenvalue weighted by Crippen LogP contribution is -3.00. The Morgan fingerprint density at radius 1 is 0.639 bits per heavy atom. The molecule has 97 heavy (non-hydrogen) atoms. The third-order valence-corrected chi connectivity index (χ3v) is 16.8. The summed E-state index contributed by atoms with van der Waals surface area (Å²) in [5, 5.41) is 3.26. The Morgan fingerprint density at radius 2 is 1.18 bits per heavy atom. The SMILES string of the molecule is CCOC(=O)/C=C/B1OC(C)(C)C(C)(C)O1.CCOC(=O)/C=C/c1ccncc1N.Nc1cnccc1Br.O=C1C=CC2=C(C1)CN(Cc1ccccc1)CC2.O=C1C=CC2=C(CNCC2)C1.O=C1C=Cc2cc[n+](Cc3ccccc3)cc2C1.O=C1C=Cc2ccncc2C1.[Br-]. The first-order chi connectivity index (χ1) is 46.2. The molecule has 2 aromatic carbocycles. The molecular formula is C76H85BBr2N8O10. The van der Waals surface area contributed by atoms with Crippen molar-refractivity contribution in [3.05, 3.63) is 255 Å². The minimum atomic E-state index is -0.491. The number of fused-ring (bicyclic) bond motifs is 2. The monoisotopic (exact) mass is 1440 g/mol. The number of ketones is 4. The molecule has 0 amide bonds. The van der Waals surface area contributed by atoms with Crippen LogP contribution in [0, 0.1) is 0 Å². The lowest BCUT2D eigenvalue weighted by molar-refractivity contribution is -0.688. The highest BCUT2D eigenvalue weighted by Gasteiger charge is 2.50. The van der Waals surface area contributed by atoms with Gasteiger partial charge in [-0.25, -0.2) is 14.2 Å². The zero-order chi connectivity index (χ0) is 68.9. The van der Waals surface area contributed by atoms with Crippen LogP contribution in [-0.2, 0) is 73.5 Å². The van der Waals surface area contributed by atoms with Gasteiger partial charge in [0.05, 0.1) is 48.2 Å². The number of carbonyl (C=O) groups excluding carboxylic acids is 6. The number of hydrogen-bond donors (Lipinski definition) is 3. The van der Waals surface area contributed by atoms with Gasteiger partial charge in [-0.2, -0.15) is 0 Å². The van der Waals surface area contributed by atoms with Gasteiger partial charge in [0, 0.05) is 116 Å². The van der Waals surface area contributed by atoms with Crippen LogP contribution in [0.3, 0.4) is 0 Å². The summed E-state index contributed by atoms with van der Waals surface area (Å²) in [4.78, 5) is 80.8. The van der Waals surface area contributed by atoms with Gasteiger partial charge in [-0.05, 0) is 176 Å². The number of nitrogens with two attached hydrogens (primary N) is 2. The van der Waals surface area contributed by atoms with Crippen LogP contribution < -0.4 is 38.3 Å². The Hall–Kier alpha value is -8.96. The van der Waals surface area contributed by atoms with E-state index >= 15 is 0 Å². The Balaban J connectivity index is 0.000000181. The molecule has 3 aliphatic heterocycles. The number of hydrogen-bond acceptors (Lipinski definition) is 17. The van der Waals surface area contributed by atoms with Crippen LogP contribution in [0.5, 0.6) is 0 Å². The summed E-state index contributed by atoms with van der Waals surface area (Å²) < 4.78 is 23.9. The predicted octanol–water partition coefficient (Wildman–Crippen LogP) is 8.31. The lowest BCUT2D eigenvalue weighted by Gasteiger charge is -2.32. The maximum Gasteiger partial charge on any atom is 0.487 e. The van der Waals surface area contributed by atoms with Crippen molar-refractivity contribution in [1.29, 1.82) is 0 Å². The van der Waals surface area contributed by atoms with Crippen molar-refractivity contribution in [2.24, 2.45) is 0 Å². The van der Waals surface area contributed by atoms with E-state index in [1.54, 1.807) is 93.3 Å². The van der Waals surface area contributed by atoms with Crippen LogP contribution in [0.15, 0.2) is 216 Å². The molecule has 7 heterocycles. The molecule has 4 aliphatic carbocycles. The van der Waals surface area contributed by atoms with Crippen molar-refractivity contribution in [2.45, 2.75) is 104 Å². The van der Waals surface area contributed by atoms with Gasteiger partial charge in [-0.1, -0.05) is 85.0 Å². The second kappa shape index (κ2) is 39.3. The van der Waals surface area contributed by atoms with Crippen molar-refractivity contribution < 1.29 is 69.1 Å². The molecule has 0 saturated carbocycles. The number of pyridine rings is 4. The number of ether oxygens (including phenoxy) is 2. The number of carbonyl (C=O) groups is 6. The maximum absolute atomic E-state index is 11.4. The number of rotatable bonds is 10. The first-order valence-electron chi connectivity index (χ1n) is 32.0. The Kier molecular flexibility index (Phi) is 31.2. The van der Waals surface area contributed by atoms with Crippen LogP contribution in [0.25, 0.3) is 18.2 Å². The number of nitrogen functional groups attached to an aromatic ring is 2. The van der Waals surface area contributed by atoms with E-state index < -0.39 is 7.12 Å². The average Bonchev–Trinajstić information content (AvgIpc) is 1.65. The summed E-state index contributed by atoms with van der Waals surface area (Å²) in [5.41, 5.74) is 24.6. The minimum Gasteiger partial charge on any atom is -1.00 e. The maximum atomic E-state index is 11.4. The van der Waals surface area contributed by atoms with E-state index in [4.69, 9.17) is 30.2 Å². The van der Waals surface area contributed by atoms with Gasteiger partial charge < -0.3 is 52.5 Å². The highest BCUT2D eigenvalue weighted by atomic mass is 79.9. The van der Waals surface area contributed by atoms with E-state index in [-0.39, 0.29) is 63.3 Å². The van der Waals surface area contributed by atoms with Crippen LogP contribution in [0.4, 0.5) is 11.4 Å². The smallest absolute Gasteiger partial charge is 0.487 e. The van der Waals surface area contributed by atoms with Gasteiger partial charge in [0.1, 0.15) is 0 Å². The number of halogens is 2. The number of nitrogens with one attached hydrogen (secondary N) is 1. The summed E-state index contributed by atoms with van der Waals surface area (Å²) in [6.45, 7) is 17.9. The fourth-order valence-electron chi connectivity index (χ4n) is 10.3. The largest absolute Gasteiger partial charge is 1.00 e. The third kappa shape index (κ3) is 25.9. The van der Waals surface area contributed by atoms with Crippen LogP contribution >= 0.6 is 15.9 Å². The van der Waals surface area contributed by atoms with Crippen molar-refractivity contribution >= 4 is 87.7 Å². The molecule has 0 spiro atoms. The lowest BCUT2D eigenvalue weighted by atomic mass is 9.90. The molecule has 7 aliphatic rings. The second-order valence-electron chi connectivity index (χ2n) is 23.9. The Bertz CT molecular complexity index is 3900. The van der Waals surface area contributed by atoms with E-state index in [1.807, 2.05) is 82.3 Å². The molecule has 4 aromatic heterocycles. The van der Waals surface area contributed by atoms with Gasteiger partial charge in [-0.15, -0.1) is 0 Å². The molecule has 0 atom stereocenters. The topological polar surface area (TPSA) is 249 Å². The zero-order valence-electron chi connectivity index (χ0n) is 55.8. The molecule has 0 unspecified atom stereocenters. The van der Waals surface area contributed by atoms with Gasteiger partial charge in [-0.3, -0.25) is 39.0 Å². The Morgan fingerprint density at radius 3 is 1.78 bits per heavy atom. The van der Waals surface area contributed by atoms with Crippen LogP contribution in [0.1, 0.15) is 106 Å². The number of benzene rings is 2. The highest BCUT2D eigenvalue weighted by molar-refractivity contribution is 9.10. The first-order valence-corrected chi connectivity index (χ1v) is 32.8. The summed E-state index contributed by atoms with van der Waals surface area (Å²) in [5.74, 6) is 1.66. The molecule has 1 saturated heterocycles. The average molecular weight is 1440 g/mol. The van der Waals surface area contributed by atoms with Crippen molar-refractivity contribution in [3.63, 3.8) is 0 Å². The summed E-state index contributed by atoms with van der Waals surface area (Å²) in [7, 11) is -0.491. The number of anilines is 2. The van der Waals surface area contributed by atoms with Gasteiger partial charge in [0.25, 0.3) is 0 Å². The standard InChI is InChI=1S/C16H17NO.C16H14NO.C11H19BO4.C10H12N2O2.C9H11NO.C9H7NO.C5H5BrN2.BrH/c2*18-16-7-6-14-8-9-17(12-15(14)10-16)11-13-4-2-1-3-5-13;1-6-14-9(13)7-8-12-15-10(2,3)11(4,5)16-12;1-2-14-10(13)4-3-8-5-6-12-7-9(8)11;2*11-9-2-1-7-3-4-10-6-8(7)5-9;6-4-1-2-8-3-5(4)7;/h1-7H,8-12H2;1-9,12H,10-11H2;7-8H,6H2,1-5H3;3-7H,2,11H2,1H3;1-2,10H,3-6H2;1-4,6H,5H2;1-3H,7H2;1H/q;+1;;;;;;/p-1/b;;8-7+;4-3+;;;;.